The van der Waals surface area contributed by atoms with Gasteiger partial charge in [0.05, 0.1) is 11.9 Å². The lowest BCUT2D eigenvalue weighted by Crippen LogP contribution is -2.51. The molecular weight excluding hydrogens is 565 g/mol. The normalized spacial score (nSPS) is 12.4. The highest BCUT2D eigenvalue weighted by Crippen LogP contribution is 2.29. The molecule has 0 aliphatic rings. The van der Waals surface area contributed by atoms with Gasteiger partial charge < -0.3 is 10.2 Å². The highest BCUT2D eigenvalue weighted by atomic mass is 79.9. The summed E-state index contributed by atoms with van der Waals surface area (Å²) in [5.74, 6) is -0.726. The molecule has 1 atom stereocenters. The van der Waals surface area contributed by atoms with Crippen LogP contribution in [0.4, 0.5) is 5.69 Å². The molecule has 0 aliphatic heterocycles. The molecule has 11 heteroatoms. The van der Waals surface area contributed by atoms with E-state index in [2.05, 4.69) is 21.2 Å². The number of sulfonamides is 1. The number of benzene rings is 2. The quantitative estimate of drug-likeness (QED) is 0.433. The number of nitrogens with one attached hydrogen (secondary N) is 1. The zero-order chi connectivity index (χ0) is 25.6. The molecule has 34 heavy (non-hydrogen) atoms. The van der Waals surface area contributed by atoms with E-state index in [-0.39, 0.29) is 18.4 Å². The number of hydrogen-bond acceptors (Lipinski definition) is 4. The third-order valence-corrected chi connectivity index (χ3v) is 7.55. The first-order valence-corrected chi connectivity index (χ1v) is 13.9. The number of carbonyl (C=O) groups is 2. The van der Waals surface area contributed by atoms with Crippen LogP contribution < -0.4 is 9.62 Å². The van der Waals surface area contributed by atoms with Gasteiger partial charge in [-0.3, -0.25) is 13.9 Å². The molecular formula is C23H28BrCl2N3O4S. The van der Waals surface area contributed by atoms with E-state index in [9.17, 15) is 18.0 Å². The molecule has 0 unspecified atom stereocenters. The first-order chi connectivity index (χ1) is 15.8. The summed E-state index contributed by atoms with van der Waals surface area (Å²) in [5.41, 5.74) is 0.778. The fourth-order valence-corrected chi connectivity index (χ4v) is 5.13. The maximum absolute atomic E-state index is 13.5. The van der Waals surface area contributed by atoms with E-state index in [0.29, 0.717) is 32.3 Å². The first kappa shape index (κ1) is 28.4. The molecule has 186 valence electrons. The smallest absolute Gasteiger partial charge is 0.244 e. The highest BCUT2D eigenvalue weighted by Gasteiger charge is 2.31. The average Bonchev–Trinajstić information content (AvgIpc) is 2.75. The van der Waals surface area contributed by atoms with Crippen molar-refractivity contribution in [3.05, 3.63) is 62.5 Å². The Kier molecular flexibility index (Phi) is 10.2. The van der Waals surface area contributed by atoms with Crippen LogP contribution >= 0.6 is 39.1 Å². The molecule has 2 rings (SSSR count). The Bertz CT molecular complexity index is 1120. The minimum atomic E-state index is -3.82. The molecule has 0 spiro atoms. The molecule has 7 nitrogen and oxygen atoms in total. The second-order valence-corrected chi connectivity index (χ2v) is 11.8. The van der Waals surface area contributed by atoms with Crippen LogP contribution in [-0.2, 0) is 26.2 Å². The standard InChI is InChI=1S/C23H28BrCl2N3O4S/c1-15(2)12-27-23(31)16(3)28(13-17-19(25)9-7-10-20(17)26)22(30)14-29(34(4,32)33)21-11-6-5-8-18(21)24/h5-11,15-16H,12-14H2,1-4H3,(H,27,31)/t16-/m0/s1. The van der Waals surface area contributed by atoms with Gasteiger partial charge in [-0.05, 0) is 53.0 Å². The Labute approximate surface area is 219 Å². The Balaban J connectivity index is 2.44. The topological polar surface area (TPSA) is 86.8 Å². The Hall–Kier alpha value is -1.81. The van der Waals surface area contributed by atoms with Crippen molar-refractivity contribution >= 4 is 66.7 Å². The summed E-state index contributed by atoms with van der Waals surface area (Å²) in [6.07, 6.45) is 1.02. The minimum Gasteiger partial charge on any atom is -0.354 e. The van der Waals surface area contributed by atoms with Crippen molar-refractivity contribution in [2.75, 3.05) is 23.7 Å². The van der Waals surface area contributed by atoms with Gasteiger partial charge in [-0.15, -0.1) is 0 Å². The highest BCUT2D eigenvalue weighted by molar-refractivity contribution is 9.10. The van der Waals surface area contributed by atoms with Crippen LogP contribution in [0.3, 0.4) is 0 Å². The van der Waals surface area contributed by atoms with Crippen LogP contribution in [0.2, 0.25) is 10.0 Å². The van der Waals surface area contributed by atoms with Crippen molar-refractivity contribution in [2.24, 2.45) is 5.92 Å². The van der Waals surface area contributed by atoms with Gasteiger partial charge in [0.25, 0.3) is 0 Å². The molecule has 0 aromatic heterocycles. The van der Waals surface area contributed by atoms with E-state index >= 15 is 0 Å². The summed E-state index contributed by atoms with van der Waals surface area (Å²) in [6, 6.07) is 10.7. The largest absolute Gasteiger partial charge is 0.354 e. The molecule has 0 heterocycles. The van der Waals surface area contributed by atoms with E-state index in [1.807, 2.05) is 13.8 Å². The lowest BCUT2D eigenvalue weighted by Gasteiger charge is -2.32. The van der Waals surface area contributed by atoms with Crippen LogP contribution in [0.15, 0.2) is 46.9 Å². The predicted molar refractivity (Wildman–Crippen MR) is 141 cm³/mol. The van der Waals surface area contributed by atoms with E-state index in [1.54, 1.807) is 49.4 Å². The maximum atomic E-state index is 13.5. The first-order valence-electron chi connectivity index (χ1n) is 10.5. The van der Waals surface area contributed by atoms with Gasteiger partial charge in [0.2, 0.25) is 21.8 Å². The number of rotatable bonds is 10. The second kappa shape index (κ2) is 12.2. The summed E-state index contributed by atoms with van der Waals surface area (Å²) in [4.78, 5) is 27.7. The van der Waals surface area contributed by atoms with Gasteiger partial charge in [0, 0.05) is 33.2 Å². The second-order valence-electron chi connectivity index (χ2n) is 8.26. The van der Waals surface area contributed by atoms with Crippen molar-refractivity contribution in [1.29, 1.82) is 0 Å². The monoisotopic (exact) mass is 591 g/mol. The summed E-state index contributed by atoms with van der Waals surface area (Å²) >= 11 is 16.0. The van der Waals surface area contributed by atoms with Crippen LogP contribution in [0, 0.1) is 5.92 Å². The molecule has 0 bridgehead atoms. The van der Waals surface area contributed by atoms with Gasteiger partial charge in [0.1, 0.15) is 12.6 Å². The van der Waals surface area contributed by atoms with Crippen molar-refractivity contribution in [3.8, 4) is 0 Å². The third kappa shape index (κ3) is 7.60. The Morgan fingerprint density at radius 1 is 1.03 bits per heavy atom. The fourth-order valence-electron chi connectivity index (χ4n) is 3.14. The third-order valence-electron chi connectivity index (χ3n) is 5.04. The molecule has 2 amide bonds. The van der Waals surface area contributed by atoms with Crippen molar-refractivity contribution < 1.29 is 18.0 Å². The summed E-state index contributed by atoms with van der Waals surface area (Å²) < 4.78 is 26.7. The summed E-state index contributed by atoms with van der Waals surface area (Å²) in [7, 11) is -3.82. The number of para-hydroxylation sites is 1. The van der Waals surface area contributed by atoms with Crippen LogP contribution in [-0.4, -0.2) is 50.5 Å². The number of halogens is 3. The maximum Gasteiger partial charge on any atom is 0.244 e. The zero-order valence-electron chi connectivity index (χ0n) is 19.4. The minimum absolute atomic E-state index is 0.0683. The van der Waals surface area contributed by atoms with Gasteiger partial charge in [-0.2, -0.15) is 0 Å². The molecule has 0 radical (unpaired) electrons. The van der Waals surface area contributed by atoms with Crippen LogP contribution in [0.5, 0.6) is 0 Å². The van der Waals surface area contributed by atoms with Gasteiger partial charge in [-0.1, -0.05) is 55.2 Å². The average molecular weight is 593 g/mol. The molecule has 2 aromatic carbocycles. The lowest BCUT2D eigenvalue weighted by atomic mass is 10.1. The van der Waals surface area contributed by atoms with Crippen molar-refractivity contribution in [1.82, 2.24) is 10.2 Å². The molecule has 1 N–H and O–H groups in total. The molecule has 2 aromatic rings. The number of nitrogens with zero attached hydrogens (tertiary/aromatic N) is 2. The number of amides is 2. The van der Waals surface area contributed by atoms with E-state index < -0.39 is 28.5 Å². The summed E-state index contributed by atoms with van der Waals surface area (Å²) in [6.45, 7) is 5.36. The van der Waals surface area contributed by atoms with E-state index in [1.165, 1.54) is 4.90 Å². The van der Waals surface area contributed by atoms with Crippen LogP contribution in [0.1, 0.15) is 26.3 Å². The molecule has 0 saturated heterocycles. The number of hydrogen-bond donors (Lipinski definition) is 1. The van der Waals surface area contributed by atoms with Crippen molar-refractivity contribution in [2.45, 2.75) is 33.4 Å². The summed E-state index contributed by atoms with van der Waals surface area (Å²) in [5, 5.41) is 3.50. The Morgan fingerprint density at radius 3 is 2.15 bits per heavy atom. The number of carbonyl (C=O) groups excluding carboxylic acids is 2. The lowest BCUT2D eigenvalue weighted by molar-refractivity contribution is -0.139. The predicted octanol–water partition coefficient (Wildman–Crippen LogP) is 4.71. The van der Waals surface area contributed by atoms with Crippen molar-refractivity contribution in [3.63, 3.8) is 0 Å². The van der Waals surface area contributed by atoms with Gasteiger partial charge in [-0.25, -0.2) is 8.42 Å². The SMILES string of the molecule is CC(C)CNC(=O)[C@H](C)N(Cc1c(Cl)cccc1Cl)C(=O)CN(c1ccccc1Br)S(C)(=O)=O. The Morgan fingerprint density at radius 2 is 1.62 bits per heavy atom. The fraction of sp³-hybridized carbons (Fsp3) is 0.391. The zero-order valence-corrected chi connectivity index (χ0v) is 23.3. The molecule has 0 saturated carbocycles. The van der Waals surface area contributed by atoms with E-state index in [0.717, 1.165) is 10.6 Å². The van der Waals surface area contributed by atoms with Gasteiger partial charge in [0.15, 0.2) is 0 Å². The van der Waals surface area contributed by atoms with Crippen LogP contribution in [0.25, 0.3) is 0 Å². The number of anilines is 1. The van der Waals surface area contributed by atoms with Gasteiger partial charge >= 0.3 is 0 Å². The molecule has 0 aliphatic carbocycles. The van der Waals surface area contributed by atoms with E-state index in [4.69, 9.17) is 23.2 Å². The molecule has 0 fully saturated rings.